The molecule has 1 aromatic carbocycles. The zero-order chi connectivity index (χ0) is 44.0. The van der Waals surface area contributed by atoms with E-state index in [0.29, 0.717) is 0 Å². The molecule has 2 aliphatic rings. The van der Waals surface area contributed by atoms with Gasteiger partial charge in [-0.1, -0.05) is 57.7 Å². The lowest BCUT2D eigenvalue weighted by molar-refractivity contribution is -0.195. The molecule has 1 fully saturated rings. The van der Waals surface area contributed by atoms with E-state index in [4.69, 9.17) is 33.2 Å². The lowest BCUT2D eigenvalue weighted by atomic mass is 9.71. The normalized spacial score (nSPS) is 30.2. The number of aliphatic hydroxyl groups is 1. The molecule has 0 bridgehead atoms. The van der Waals surface area contributed by atoms with E-state index in [1.165, 1.54) is 43.6 Å². The standard InChI is InChI=1S/C43H51NO15/c1-23-18-19-41(8,9)38(58-40(51)31-17-14-20-44-21-31)35(55-27(5)47)34(54-26(4)46)24(2)33(53-25(3)45)32-37(57-39(50)30-15-12-11-13-16-30)42(10,59-29(7)49)22-43(32,52)36(23)56-28(6)48/h11-21,23,32-38,52H,2,22H2,1,3-10H3/t23-,32?,33-,34-,35+,36-,37+,38+,42+,43+/m0/s1. The van der Waals surface area contributed by atoms with Gasteiger partial charge >= 0.3 is 41.8 Å². The third-order valence-corrected chi connectivity index (χ3v) is 10.3. The van der Waals surface area contributed by atoms with Gasteiger partial charge in [0.25, 0.3) is 0 Å². The Bertz CT molecular complexity index is 1960. The maximum absolute atomic E-state index is 13.9. The van der Waals surface area contributed by atoms with Gasteiger partial charge < -0.3 is 38.3 Å². The predicted molar refractivity (Wildman–Crippen MR) is 206 cm³/mol. The Labute approximate surface area is 342 Å². The number of nitrogens with zero attached hydrogens (tertiary/aromatic N) is 1. The van der Waals surface area contributed by atoms with Crippen molar-refractivity contribution in [3.63, 3.8) is 0 Å². The lowest BCUT2D eigenvalue weighted by Crippen LogP contribution is -2.60. The fraction of sp³-hybridized carbons (Fsp3) is 0.488. The van der Waals surface area contributed by atoms with Gasteiger partial charge in [-0.15, -0.1) is 0 Å². The van der Waals surface area contributed by atoms with Crippen molar-refractivity contribution in [3.8, 4) is 0 Å². The number of pyridine rings is 1. The van der Waals surface area contributed by atoms with Crippen molar-refractivity contribution in [1.82, 2.24) is 4.98 Å². The van der Waals surface area contributed by atoms with E-state index in [0.717, 1.165) is 34.6 Å². The summed E-state index contributed by atoms with van der Waals surface area (Å²) < 4.78 is 41.7. The molecule has 16 nitrogen and oxygen atoms in total. The van der Waals surface area contributed by atoms with Crippen molar-refractivity contribution in [2.75, 3.05) is 0 Å². The number of carbonyl (C=O) groups excluding carboxylic acids is 7. The Morgan fingerprint density at radius 1 is 0.678 bits per heavy atom. The molecule has 1 heterocycles. The summed E-state index contributed by atoms with van der Waals surface area (Å²) in [5.74, 6) is -9.04. The monoisotopic (exact) mass is 821 g/mol. The van der Waals surface area contributed by atoms with Gasteiger partial charge in [-0.25, -0.2) is 9.59 Å². The molecule has 0 aliphatic heterocycles. The average Bonchev–Trinajstić information content (AvgIpc) is 3.36. The van der Waals surface area contributed by atoms with Crippen LogP contribution in [0.5, 0.6) is 0 Å². The highest BCUT2D eigenvalue weighted by Crippen LogP contribution is 2.54. The minimum absolute atomic E-state index is 0.0211. The largest absolute Gasteiger partial charge is 0.459 e. The van der Waals surface area contributed by atoms with Crippen LogP contribution in [0.3, 0.4) is 0 Å². The summed E-state index contributed by atoms with van der Waals surface area (Å²) >= 11 is 0. The first-order chi connectivity index (χ1) is 27.5. The van der Waals surface area contributed by atoms with Crippen LogP contribution in [0.2, 0.25) is 0 Å². The van der Waals surface area contributed by atoms with Crippen molar-refractivity contribution < 1.29 is 71.8 Å². The molecule has 0 amide bonds. The second-order valence-corrected chi connectivity index (χ2v) is 15.6. The molecule has 318 valence electrons. The van der Waals surface area contributed by atoms with Gasteiger partial charge in [-0.2, -0.15) is 0 Å². The summed E-state index contributed by atoms with van der Waals surface area (Å²) in [7, 11) is 0. The summed E-state index contributed by atoms with van der Waals surface area (Å²) in [4.78, 5) is 96.6. The molecular formula is C43H51NO15. The van der Waals surface area contributed by atoms with Crippen LogP contribution in [-0.2, 0) is 57.1 Å². The Kier molecular flexibility index (Phi) is 14.2. The summed E-state index contributed by atoms with van der Waals surface area (Å²) in [5, 5.41) is 13.3. The second kappa shape index (κ2) is 18.4. The number of benzene rings is 1. The molecule has 0 radical (unpaired) electrons. The molecule has 4 rings (SSSR count). The van der Waals surface area contributed by atoms with Gasteiger partial charge in [0.15, 0.2) is 24.4 Å². The molecule has 1 aromatic heterocycles. The highest BCUT2D eigenvalue weighted by atomic mass is 16.6. The molecule has 0 spiro atoms. The number of fused-ring (bicyclic) bond motifs is 1. The maximum atomic E-state index is 13.9. The smallest absolute Gasteiger partial charge is 0.340 e. The first kappa shape index (κ1) is 45.8. The van der Waals surface area contributed by atoms with Crippen LogP contribution in [-0.4, -0.2) is 99.7 Å². The van der Waals surface area contributed by atoms with Crippen molar-refractivity contribution >= 4 is 41.8 Å². The van der Waals surface area contributed by atoms with Gasteiger partial charge in [-0.05, 0) is 31.2 Å². The number of hydrogen-bond acceptors (Lipinski definition) is 16. The minimum atomic E-state index is -2.42. The Morgan fingerprint density at radius 3 is 1.76 bits per heavy atom. The molecule has 1 N–H and O–H groups in total. The van der Waals surface area contributed by atoms with Gasteiger partial charge in [-0.3, -0.25) is 29.0 Å². The number of ether oxygens (including phenoxy) is 7. The molecule has 1 unspecified atom stereocenters. The highest BCUT2D eigenvalue weighted by molar-refractivity contribution is 5.90. The van der Waals surface area contributed by atoms with E-state index in [1.54, 1.807) is 51.1 Å². The lowest BCUT2D eigenvalue weighted by Gasteiger charge is -2.46. The zero-order valence-corrected chi connectivity index (χ0v) is 34.5. The fourth-order valence-electron chi connectivity index (χ4n) is 7.99. The van der Waals surface area contributed by atoms with Crippen LogP contribution in [0.15, 0.2) is 79.2 Å². The van der Waals surface area contributed by atoms with E-state index >= 15 is 0 Å². The third-order valence-electron chi connectivity index (χ3n) is 10.3. The maximum Gasteiger partial charge on any atom is 0.340 e. The molecule has 2 aromatic rings. The predicted octanol–water partition coefficient (Wildman–Crippen LogP) is 4.42. The number of esters is 7. The topological polar surface area (TPSA) is 217 Å². The van der Waals surface area contributed by atoms with Crippen molar-refractivity contribution in [2.45, 2.75) is 117 Å². The minimum Gasteiger partial charge on any atom is -0.459 e. The summed E-state index contributed by atoms with van der Waals surface area (Å²) in [6.07, 6.45) is -4.99. The Balaban J connectivity index is 2.13. The zero-order valence-electron chi connectivity index (χ0n) is 34.5. The number of carbonyl (C=O) groups is 7. The van der Waals surface area contributed by atoms with Crippen LogP contribution in [0.4, 0.5) is 0 Å². The van der Waals surface area contributed by atoms with Crippen LogP contribution < -0.4 is 0 Å². The molecule has 2 aliphatic carbocycles. The van der Waals surface area contributed by atoms with Gasteiger partial charge in [0.1, 0.15) is 23.4 Å². The van der Waals surface area contributed by atoms with Crippen molar-refractivity contribution in [2.24, 2.45) is 17.3 Å². The van der Waals surface area contributed by atoms with Crippen LogP contribution in [0, 0.1) is 17.3 Å². The van der Waals surface area contributed by atoms with Gasteiger partial charge in [0, 0.05) is 70.3 Å². The summed E-state index contributed by atoms with van der Waals surface area (Å²) in [6, 6.07) is 10.7. The molecule has 10 atom stereocenters. The van der Waals surface area contributed by atoms with Crippen LogP contribution >= 0.6 is 0 Å². The van der Waals surface area contributed by atoms with Crippen molar-refractivity contribution in [1.29, 1.82) is 0 Å². The quantitative estimate of drug-likeness (QED) is 0.210. The Morgan fingerprint density at radius 2 is 1.22 bits per heavy atom. The molecule has 1 saturated carbocycles. The average molecular weight is 822 g/mol. The van der Waals surface area contributed by atoms with E-state index < -0.39 is 113 Å². The fourth-order valence-corrected chi connectivity index (χ4v) is 7.99. The second-order valence-electron chi connectivity index (χ2n) is 15.6. The SMILES string of the molecule is C=C1[C@H](OC(C)=O)C2[C@@H](OC(=O)c3ccccc3)[C@](C)(OC(C)=O)C[C@]2(O)[C@@H](OC(C)=O)[C@@H](C)C=CC(C)(C)[C@H](OC(=O)c2cccnc2)[C@H](OC(C)=O)[C@H]1OC(C)=O. The number of rotatable bonds is 9. The van der Waals surface area contributed by atoms with E-state index in [-0.39, 0.29) is 16.7 Å². The van der Waals surface area contributed by atoms with E-state index in [9.17, 15) is 38.7 Å². The first-order valence-corrected chi connectivity index (χ1v) is 18.9. The van der Waals surface area contributed by atoms with E-state index in [2.05, 4.69) is 11.6 Å². The van der Waals surface area contributed by atoms with Gasteiger partial charge in [0.05, 0.1) is 17.0 Å². The molecule has 0 saturated heterocycles. The summed E-state index contributed by atoms with van der Waals surface area (Å²) in [5.41, 5.74) is -5.96. The molecular weight excluding hydrogens is 770 g/mol. The Hall–Kier alpha value is -5.90. The molecule has 59 heavy (non-hydrogen) atoms. The van der Waals surface area contributed by atoms with Crippen molar-refractivity contribution in [3.05, 3.63) is 90.3 Å². The molecule has 16 heteroatoms. The number of aromatic nitrogens is 1. The summed E-state index contributed by atoms with van der Waals surface area (Å²) in [6.45, 7) is 15.8. The van der Waals surface area contributed by atoms with Gasteiger partial charge in [0.2, 0.25) is 0 Å². The third kappa shape index (κ3) is 10.6. The van der Waals surface area contributed by atoms with Crippen LogP contribution in [0.1, 0.15) is 89.5 Å². The van der Waals surface area contributed by atoms with Crippen LogP contribution in [0.25, 0.3) is 0 Å². The first-order valence-electron chi connectivity index (χ1n) is 18.9. The number of hydrogen-bond donors (Lipinski definition) is 1. The highest BCUT2D eigenvalue weighted by Gasteiger charge is 2.70. The van der Waals surface area contributed by atoms with E-state index in [1.807, 2.05) is 0 Å².